The van der Waals surface area contributed by atoms with Gasteiger partial charge in [0.05, 0.1) is 5.41 Å². The average Bonchev–Trinajstić information content (AvgIpc) is 2.85. The van der Waals surface area contributed by atoms with E-state index in [0.717, 1.165) is 5.39 Å². The highest BCUT2D eigenvalue weighted by Gasteiger charge is 2.48. The monoisotopic (exact) mass is 474 g/mol. The predicted octanol–water partition coefficient (Wildman–Crippen LogP) is 6.49. The number of hydrogen-bond donors (Lipinski definition) is 1. The Bertz CT molecular complexity index is 1400. The maximum absolute atomic E-state index is 13.5. The lowest BCUT2D eigenvalue weighted by molar-refractivity contribution is -0.134. The number of benzene rings is 2. The number of aliphatic hydroxyl groups excluding tert-OH is 1. The van der Waals surface area contributed by atoms with Gasteiger partial charge in [-0.3, -0.25) is 14.4 Å². The Morgan fingerprint density at radius 3 is 2.31 bits per heavy atom. The summed E-state index contributed by atoms with van der Waals surface area (Å²) < 4.78 is 11.9. The van der Waals surface area contributed by atoms with E-state index < -0.39 is 10.8 Å². The molecule has 0 saturated heterocycles. The van der Waals surface area contributed by atoms with Crippen LogP contribution in [0.3, 0.4) is 0 Å². The normalized spacial score (nSPS) is 14.8. The van der Waals surface area contributed by atoms with E-state index >= 15 is 0 Å². The number of aliphatic hydroxyl groups is 1. The molecule has 0 unspecified atom stereocenters. The summed E-state index contributed by atoms with van der Waals surface area (Å²) in [5.41, 5.74) is -0.443. The lowest BCUT2D eigenvalue weighted by atomic mass is 9.68. The molecule has 6 heteroatoms. The summed E-state index contributed by atoms with van der Waals surface area (Å²) in [5.74, 6) is 0.152. The van der Waals surface area contributed by atoms with Gasteiger partial charge in [0.15, 0.2) is 11.2 Å². The fourth-order valence-corrected chi connectivity index (χ4v) is 5.01. The van der Waals surface area contributed by atoms with E-state index in [1.54, 1.807) is 19.1 Å². The van der Waals surface area contributed by atoms with E-state index in [-0.39, 0.29) is 34.4 Å². The zero-order valence-corrected chi connectivity index (χ0v) is 20.6. The van der Waals surface area contributed by atoms with Gasteiger partial charge in [0.25, 0.3) is 0 Å². The lowest BCUT2D eigenvalue weighted by Gasteiger charge is -2.35. The van der Waals surface area contributed by atoms with Crippen LogP contribution in [0, 0.1) is 0 Å². The van der Waals surface area contributed by atoms with Crippen molar-refractivity contribution in [2.45, 2.75) is 65.2 Å². The summed E-state index contributed by atoms with van der Waals surface area (Å²) in [5, 5.41) is 12.3. The van der Waals surface area contributed by atoms with Crippen LogP contribution in [0.25, 0.3) is 27.9 Å². The van der Waals surface area contributed by atoms with Crippen molar-refractivity contribution in [2.24, 2.45) is 0 Å². The highest BCUT2D eigenvalue weighted by molar-refractivity contribution is 6.10. The van der Waals surface area contributed by atoms with E-state index in [0.29, 0.717) is 54.6 Å². The van der Waals surface area contributed by atoms with E-state index in [4.69, 9.17) is 9.15 Å². The first-order chi connectivity index (χ1) is 16.8. The molecule has 1 heterocycles. The lowest BCUT2D eigenvalue weighted by Crippen LogP contribution is -2.41. The molecule has 0 amide bonds. The topological polar surface area (TPSA) is 93.8 Å². The summed E-state index contributed by atoms with van der Waals surface area (Å²) >= 11 is 0. The van der Waals surface area contributed by atoms with Gasteiger partial charge in [-0.05, 0) is 43.2 Å². The fraction of sp³-hybridized carbons (Fsp3) is 0.345. The number of Topliss-reactive ketones (excluding diaryl/α,β-unsaturated/α-hetero) is 1. The number of carbonyl (C=O) groups excluding carboxylic acids is 2. The molecule has 0 saturated carbocycles. The second-order valence-electron chi connectivity index (χ2n) is 8.86. The summed E-state index contributed by atoms with van der Waals surface area (Å²) in [6.45, 7) is 7.49. The van der Waals surface area contributed by atoms with E-state index in [1.165, 1.54) is 6.07 Å². The minimum atomic E-state index is -1.02. The van der Waals surface area contributed by atoms with Crippen molar-refractivity contribution in [3.63, 3.8) is 0 Å². The van der Waals surface area contributed by atoms with E-state index in [9.17, 15) is 19.5 Å². The molecule has 0 fully saturated rings. The first kappa shape index (κ1) is 24.5. The standard InChI is InChI=1S/C29H30O6/c1-5-11-24(31)34-22-15-14-20(18-12-9-10-13-19(18)22)23-16-21(30)25-26(32)17(6-2)27(33)29(7-3,8-4)28(25)35-23/h9-10,12-16,32H,5-8,11H2,1-4H3. The Morgan fingerprint density at radius 1 is 1.00 bits per heavy atom. The Labute approximate surface area is 204 Å². The molecule has 35 heavy (non-hydrogen) atoms. The molecular weight excluding hydrogens is 444 g/mol. The Balaban J connectivity index is 1.97. The minimum Gasteiger partial charge on any atom is -0.507 e. The van der Waals surface area contributed by atoms with Crippen molar-refractivity contribution in [3.05, 3.63) is 69.6 Å². The zero-order chi connectivity index (χ0) is 25.3. The van der Waals surface area contributed by atoms with Gasteiger partial charge in [-0.25, -0.2) is 0 Å². The highest BCUT2D eigenvalue weighted by atomic mass is 16.5. The third-order valence-corrected chi connectivity index (χ3v) is 7.00. The average molecular weight is 475 g/mol. The summed E-state index contributed by atoms with van der Waals surface area (Å²) in [6.07, 6.45) is 2.20. The largest absolute Gasteiger partial charge is 0.507 e. The van der Waals surface area contributed by atoms with Gasteiger partial charge in [-0.1, -0.05) is 52.0 Å². The molecule has 1 N–H and O–H groups in total. The second-order valence-corrected chi connectivity index (χ2v) is 8.86. The predicted molar refractivity (Wildman–Crippen MR) is 136 cm³/mol. The SMILES string of the molecule is CCCC(=O)Oc1ccc(-c2cc(=O)c3c(o2)C(CC)(CC)C(=O)C(CC)=C3O)c2ccccc12. The van der Waals surface area contributed by atoms with Crippen LogP contribution in [-0.2, 0) is 15.0 Å². The van der Waals surface area contributed by atoms with Gasteiger partial charge in [-0.2, -0.15) is 0 Å². The number of esters is 1. The summed E-state index contributed by atoms with van der Waals surface area (Å²) in [7, 11) is 0. The maximum Gasteiger partial charge on any atom is 0.311 e. The number of hydrogen-bond acceptors (Lipinski definition) is 6. The Morgan fingerprint density at radius 2 is 1.69 bits per heavy atom. The van der Waals surface area contributed by atoms with E-state index in [1.807, 2.05) is 45.0 Å². The van der Waals surface area contributed by atoms with Crippen LogP contribution in [-0.4, -0.2) is 16.9 Å². The first-order valence-electron chi connectivity index (χ1n) is 12.2. The number of ether oxygens (including phenoxy) is 1. The Kier molecular flexibility index (Phi) is 6.66. The molecule has 0 radical (unpaired) electrons. The molecule has 1 aliphatic rings. The third kappa shape index (κ3) is 3.87. The fourth-order valence-electron chi connectivity index (χ4n) is 5.01. The molecule has 1 aliphatic carbocycles. The van der Waals surface area contributed by atoms with Crippen molar-refractivity contribution in [2.75, 3.05) is 0 Å². The zero-order valence-electron chi connectivity index (χ0n) is 20.6. The molecule has 4 rings (SSSR count). The Hall–Kier alpha value is -3.67. The van der Waals surface area contributed by atoms with Crippen LogP contribution in [0.5, 0.6) is 5.75 Å². The summed E-state index contributed by atoms with van der Waals surface area (Å²) in [4.78, 5) is 38.9. The van der Waals surface area contributed by atoms with Gasteiger partial charge in [0.1, 0.15) is 28.6 Å². The molecule has 6 nitrogen and oxygen atoms in total. The third-order valence-electron chi connectivity index (χ3n) is 7.00. The molecule has 1 aromatic heterocycles. The van der Waals surface area contributed by atoms with Crippen LogP contribution in [0.1, 0.15) is 71.1 Å². The number of rotatable bonds is 7. The number of fused-ring (bicyclic) bond motifs is 2. The molecule has 182 valence electrons. The molecular formula is C29H30O6. The van der Waals surface area contributed by atoms with Crippen LogP contribution < -0.4 is 10.2 Å². The minimum absolute atomic E-state index is 0.0725. The quantitative estimate of drug-likeness (QED) is 0.311. The van der Waals surface area contributed by atoms with Gasteiger partial charge >= 0.3 is 5.97 Å². The maximum atomic E-state index is 13.5. The molecule has 0 spiro atoms. The van der Waals surface area contributed by atoms with Crippen molar-refractivity contribution in [1.29, 1.82) is 0 Å². The van der Waals surface area contributed by atoms with Crippen molar-refractivity contribution in [1.82, 2.24) is 0 Å². The smallest absolute Gasteiger partial charge is 0.311 e. The number of ketones is 1. The van der Waals surface area contributed by atoms with Gasteiger partial charge < -0.3 is 14.3 Å². The number of allylic oxidation sites excluding steroid dienone is 1. The van der Waals surface area contributed by atoms with Gasteiger partial charge in [-0.15, -0.1) is 0 Å². The number of carbonyl (C=O) groups is 2. The van der Waals surface area contributed by atoms with Crippen molar-refractivity contribution < 1.29 is 23.8 Å². The van der Waals surface area contributed by atoms with Crippen LogP contribution in [0.15, 0.2) is 57.2 Å². The molecule has 0 aliphatic heterocycles. The summed E-state index contributed by atoms with van der Waals surface area (Å²) in [6, 6.07) is 12.2. The van der Waals surface area contributed by atoms with Crippen LogP contribution in [0.2, 0.25) is 0 Å². The van der Waals surface area contributed by atoms with Crippen molar-refractivity contribution in [3.8, 4) is 17.1 Å². The molecule has 0 atom stereocenters. The first-order valence-corrected chi connectivity index (χ1v) is 12.2. The van der Waals surface area contributed by atoms with Crippen LogP contribution in [0.4, 0.5) is 0 Å². The highest BCUT2D eigenvalue weighted by Crippen LogP contribution is 2.45. The van der Waals surface area contributed by atoms with Gasteiger partial charge in [0, 0.05) is 29.0 Å². The molecule has 3 aromatic rings. The van der Waals surface area contributed by atoms with E-state index in [2.05, 4.69) is 0 Å². The van der Waals surface area contributed by atoms with Gasteiger partial charge in [0.2, 0.25) is 0 Å². The van der Waals surface area contributed by atoms with Crippen LogP contribution >= 0.6 is 0 Å². The molecule has 0 bridgehead atoms. The van der Waals surface area contributed by atoms with Crippen molar-refractivity contribution >= 4 is 28.3 Å². The molecule has 2 aromatic carbocycles. The second kappa shape index (κ2) is 9.53.